The Morgan fingerprint density at radius 1 is 1.16 bits per heavy atom. The molecule has 2 rings (SSSR count). The van der Waals surface area contributed by atoms with E-state index in [0.717, 1.165) is 22.6 Å². The third-order valence-electron chi connectivity index (χ3n) is 4.10. The molecule has 1 aromatic heterocycles. The lowest BCUT2D eigenvalue weighted by atomic mass is 10.0. The second kappa shape index (κ2) is 8.75. The Morgan fingerprint density at radius 2 is 1.92 bits per heavy atom. The molecule has 0 radical (unpaired) electrons. The summed E-state index contributed by atoms with van der Waals surface area (Å²) in [7, 11) is 0. The highest BCUT2D eigenvalue weighted by Crippen LogP contribution is 2.21. The van der Waals surface area contributed by atoms with Gasteiger partial charge in [-0.15, -0.1) is 11.3 Å². The maximum absolute atomic E-state index is 12.4. The van der Waals surface area contributed by atoms with Crippen LogP contribution in [0.3, 0.4) is 0 Å². The number of Topliss-reactive ketones (excluding diaryl/α,β-unsaturated/α-hetero) is 1. The highest BCUT2D eigenvalue weighted by molar-refractivity contribution is 7.14. The van der Waals surface area contributed by atoms with Gasteiger partial charge in [0.1, 0.15) is 0 Å². The zero-order valence-corrected chi connectivity index (χ0v) is 16.5. The summed E-state index contributed by atoms with van der Waals surface area (Å²) in [5, 5.41) is 0. The molecule has 4 heteroatoms. The van der Waals surface area contributed by atoms with E-state index in [9.17, 15) is 4.79 Å². The van der Waals surface area contributed by atoms with Crippen LogP contribution in [-0.2, 0) is 17.8 Å². The quantitative estimate of drug-likeness (QED) is 0.653. The lowest BCUT2D eigenvalue weighted by Gasteiger charge is -2.17. The van der Waals surface area contributed by atoms with Gasteiger partial charge in [-0.1, -0.05) is 18.2 Å². The van der Waals surface area contributed by atoms with Gasteiger partial charge >= 0.3 is 0 Å². The maximum Gasteiger partial charge on any atom is 0.172 e. The molecule has 1 heterocycles. The zero-order valence-electron chi connectivity index (χ0n) is 15.7. The molecule has 1 aromatic carbocycles. The van der Waals surface area contributed by atoms with Crippen LogP contribution in [-0.4, -0.2) is 17.9 Å². The highest BCUT2D eigenvalue weighted by atomic mass is 32.1. The Labute approximate surface area is 155 Å². The number of carbonyl (C=O) groups excluding carboxylic acids is 1. The van der Waals surface area contributed by atoms with Gasteiger partial charge in [-0.2, -0.15) is 0 Å². The van der Waals surface area contributed by atoms with Gasteiger partial charge in [0, 0.05) is 16.8 Å². The van der Waals surface area contributed by atoms with E-state index in [4.69, 9.17) is 10.5 Å². The van der Waals surface area contributed by atoms with Crippen molar-refractivity contribution >= 4 is 17.1 Å². The fourth-order valence-electron chi connectivity index (χ4n) is 2.56. The van der Waals surface area contributed by atoms with E-state index in [0.29, 0.717) is 19.6 Å². The van der Waals surface area contributed by atoms with Gasteiger partial charge in [0.25, 0.3) is 0 Å². The smallest absolute Gasteiger partial charge is 0.172 e. The molecule has 0 unspecified atom stereocenters. The zero-order chi connectivity index (χ0) is 18.4. The van der Waals surface area contributed by atoms with Gasteiger partial charge < -0.3 is 10.5 Å². The van der Waals surface area contributed by atoms with Crippen LogP contribution in [0.2, 0.25) is 0 Å². The van der Waals surface area contributed by atoms with E-state index in [1.807, 2.05) is 26.0 Å². The number of ether oxygens (including phenoxy) is 1. The maximum atomic E-state index is 12.4. The minimum absolute atomic E-state index is 0.222. The summed E-state index contributed by atoms with van der Waals surface area (Å²) in [6, 6.07) is 10.4. The van der Waals surface area contributed by atoms with Gasteiger partial charge in [0.15, 0.2) is 5.78 Å². The van der Waals surface area contributed by atoms with Crippen LogP contribution in [0.5, 0.6) is 0 Å². The highest BCUT2D eigenvalue weighted by Gasteiger charge is 2.12. The van der Waals surface area contributed by atoms with Crippen LogP contribution in [0.15, 0.2) is 30.3 Å². The van der Waals surface area contributed by atoms with Crippen LogP contribution in [0.4, 0.5) is 0 Å². The van der Waals surface area contributed by atoms with Crippen LogP contribution in [0.25, 0.3) is 0 Å². The van der Waals surface area contributed by atoms with Crippen molar-refractivity contribution in [3.63, 3.8) is 0 Å². The lowest BCUT2D eigenvalue weighted by Crippen LogP contribution is -2.37. The molecule has 2 aromatic rings. The van der Waals surface area contributed by atoms with E-state index < -0.39 is 0 Å². The SMILES string of the molecule is Cc1ccc(CCCC(=O)c2ccc(COCC(C)(C)N)s2)cc1C. The Kier molecular flexibility index (Phi) is 6.94. The van der Waals surface area contributed by atoms with Crippen molar-refractivity contribution < 1.29 is 9.53 Å². The summed E-state index contributed by atoms with van der Waals surface area (Å²) in [6.45, 7) is 9.14. The van der Waals surface area contributed by atoms with Crippen molar-refractivity contribution in [1.29, 1.82) is 0 Å². The van der Waals surface area contributed by atoms with Crippen LogP contribution in [0.1, 0.15) is 57.9 Å². The second-order valence-electron chi connectivity index (χ2n) is 7.44. The summed E-state index contributed by atoms with van der Waals surface area (Å²) in [5.41, 5.74) is 9.50. The van der Waals surface area contributed by atoms with E-state index in [1.165, 1.54) is 28.0 Å². The number of carbonyl (C=O) groups is 1. The summed E-state index contributed by atoms with van der Waals surface area (Å²) >= 11 is 1.53. The minimum atomic E-state index is -0.329. The van der Waals surface area contributed by atoms with E-state index in [-0.39, 0.29) is 11.3 Å². The number of hydrogen-bond donors (Lipinski definition) is 1. The Bertz CT molecular complexity index is 713. The van der Waals surface area contributed by atoms with Crippen molar-refractivity contribution in [2.75, 3.05) is 6.61 Å². The standard InChI is InChI=1S/C21H29NO2S/c1-15-8-9-17(12-16(15)2)6-5-7-19(23)20-11-10-18(25-20)13-24-14-21(3,4)22/h8-12H,5-7,13-14,22H2,1-4H3. The predicted octanol–water partition coefficient (Wildman–Crippen LogP) is 4.82. The Balaban J connectivity index is 1.78. The summed E-state index contributed by atoms with van der Waals surface area (Å²) in [5.74, 6) is 0.222. The van der Waals surface area contributed by atoms with E-state index in [1.54, 1.807) is 0 Å². The average Bonchev–Trinajstić information content (AvgIpc) is 2.98. The Morgan fingerprint density at radius 3 is 2.60 bits per heavy atom. The third kappa shape index (κ3) is 6.73. The fraction of sp³-hybridized carbons (Fsp3) is 0.476. The Hall–Kier alpha value is -1.49. The second-order valence-corrected chi connectivity index (χ2v) is 8.61. The molecule has 0 saturated heterocycles. The van der Waals surface area contributed by atoms with Gasteiger partial charge in [-0.05, 0) is 69.4 Å². The summed E-state index contributed by atoms with van der Waals surface area (Å²) in [6.07, 6.45) is 2.41. The molecule has 136 valence electrons. The van der Waals surface area contributed by atoms with E-state index >= 15 is 0 Å². The lowest BCUT2D eigenvalue weighted by molar-refractivity contribution is 0.0868. The molecule has 0 fully saturated rings. The van der Waals surface area contributed by atoms with Gasteiger partial charge in [0.2, 0.25) is 0 Å². The molecule has 0 amide bonds. The fourth-order valence-corrected chi connectivity index (χ4v) is 3.47. The largest absolute Gasteiger partial charge is 0.374 e. The molecular formula is C21H29NO2S. The van der Waals surface area contributed by atoms with Crippen LogP contribution < -0.4 is 5.73 Å². The molecule has 0 bridgehead atoms. The summed E-state index contributed by atoms with van der Waals surface area (Å²) < 4.78 is 5.61. The molecule has 0 spiro atoms. The normalized spacial score (nSPS) is 11.7. The van der Waals surface area contributed by atoms with Crippen molar-refractivity contribution in [1.82, 2.24) is 0 Å². The minimum Gasteiger partial charge on any atom is -0.374 e. The molecule has 0 aliphatic carbocycles. The molecule has 0 aliphatic heterocycles. The predicted molar refractivity (Wildman–Crippen MR) is 105 cm³/mol. The van der Waals surface area contributed by atoms with E-state index in [2.05, 4.69) is 32.0 Å². The van der Waals surface area contributed by atoms with Crippen molar-refractivity contribution in [2.24, 2.45) is 5.73 Å². The topological polar surface area (TPSA) is 52.3 Å². The molecule has 0 saturated carbocycles. The molecule has 2 N–H and O–H groups in total. The number of nitrogens with two attached hydrogens (primary N) is 1. The first-order valence-electron chi connectivity index (χ1n) is 8.79. The average molecular weight is 360 g/mol. The molecule has 0 aliphatic rings. The van der Waals surface area contributed by atoms with Gasteiger partial charge in [-0.25, -0.2) is 0 Å². The number of hydrogen-bond acceptors (Lipinski definition) is 4. The molecule has 3 nitrogen and oxygen atoms in total. The monoisotopic (exact) mass is 359 g/mol. The third-order valence-corrected chi connectivity index (χ3v) is 5.20. The number of benzene rings is 1. The van der Waals surface area contributed by atoms with Crippen LogP contribution in [0, 0.1) is 13.8 Å². The van der Waals surface area contributed by atoms with Gasteiger partial charge in [-0.3, -0.25) is 4.79 Å². The first kappa shape index (κ1) is 19.8. The van der Waals surface area contributed by atoms with Crippen molar-refractivity contribution in [3.8, 4) is 0 Å². The number of thiophene rings is 1. The summed E-state index contributed by atoms with van der Waals surface area (Å²) in [4.78, 5) is 14.2. The molecule has 25 heavy (non-hydrogen) atoms. The van der Waals surface area contributed by atoms with Crippen LogP contribution >= 0.6 is 11.3 Å². The first-order valence-corrected chi connectivity index (χ1v) is 9.61. The van der Waals surface area contributed by atoms with Crippen molar-refractivity contribution in [2.45, 2.75) is 59.1 Å². The number of ketones is 1. The molecular weight excluding hydrogens is 330 g/mol. The molecule has 0 atom stereocenters. The number of aryl methyl sites for hydroxylation is 3. The number of rotatable bonds is 9. The first-order chi connectivity index (χ1) is 11.7. The van der Waals surface area contributed by atoms with Gasteiger partial charge in [0.05, 0.1) is 18.1 Å². The van der Waals surface area contributed by atoms with Crippen molar-refractivity contribution in [3.05, 3.63) is 56.8 Å².